The fourth-order valence-corrected chi connectivity index (χ4v) is 1.61. The van der Waals surface area contributed by atoms with Gasteiger partial charge in [-0.1, -0.05) is 29.4 Å². The maximum absolute atomic E-state index is 13.1. The summed E-state index contributed by atoms with van der Waals surface area (Å²) in [5.41, 5.74) is 0.763. The molecule has 0 amide bonds. The number of hydrogen-bond acceptors (Lipinski definition) is 4. The van der Waals surface area contributed by atoms with E-state index >= 15 is 0 Å². The van der Waals surface area contributed by atoms with Gasteiger partial charge in [-0.2, -0.15) is 4.68 Å². The van der Waals surface area contributed by atoms with Gasteiger partial charge in [0.15, 0.2) is 0 Å². The van der Waals surface area contributed by atoms with Gasteiger partial charge in [0.25, 0.3) is 0 Å². The largest absolute Gasteiger partial charge is 0.423 e. The van der Waals surface area contributed by atoms with Crippen molar-refractivity contribution in [2.75, 3.05) is 0 Å². The molecule has 0 bridgehead atoms. The van der Waals surface area contributed by atoms with Crippen LogP contribution < -0.4 is 4.74 Å². The smallest absolute Gasteiger partial charge is 0.345 e. The second-order valence-corrected chi connectivity index (χ2v) is 3.77. The zero-order valence-corrected chi connectivity index (χ0v) is 9.77. The molecule has 0 aliphatic carbocycles. The lowest BCUT2D eigenvalue weighted by Gasteiger charge is -2.05. The van der Waals surface area contributed by atoms with Crippen LogP contribution in [0.5, 0.6) is 11.8 Å². The van der Waals surface area contributed by atoms with Crippen LogP contribution in [0.15, 0.2) is 54.6 Å². The van der Waals surface area contributed by atoms with Crippen LogP contribution in [-0.2, 0) is 0 Å². The number of hydrogen-bond donors (Lipinski definition) is 0. The first-order valence-electron chi connectivity index (χ1n) is 5.60. The predicted molar refractivity (Wildman–Crippen MR) is 65.6 cm³/mol. The minimum absolute atomic E-state index is 0.178. The molecule has 1 heterocycles. The van der Waals surface area contributed by atoms with Gasteiger partial charge in [0.1, 0.15) is 11.6 Å². The molecule has 0 spiro atoms. The number of rotatable bonds is 3. The third-order valence-electron chi connectivity index (χ3n) is 2.45. The zero-order chi connectivity index (χ0) is 13.1. The molecule has 0 fully saturated rings. The molecule has 0 unspecified atom stereocenters. The lowest BCUT2D eigenvalue weighted by atomic mass is 10.3. The van der Waals surface area contributed by atoms with Gasteiger partial charge in [-0.15, -0.1) is 0 Å². The maximum atomic E-state index is 13.1. The van der Waals surface area contributed by atoms with Crippen LogP contribution in [0.25, 0.3) is 5.69 Å². The highest BCUT2D eigenvalue weighted by Gasteiger charge is 2.10. The Morgan fingerprint density at radius 3 is 2.63 bits per heavy atom. The lowest BCUT2D eigenvalue weighted by molar-refractivity contribution is 0.424. The van der Waals surface area contributed by atoms with Gasteiger partial charge in [0, 0.05) is 6.07 Å². The van der Waals surface area contributed by atoms with Crippen molar-refractivity contribution in [3.05, 3.63) is 60.4 Å². The van der Waals surface area contributed by atoms with Crippen molar-refractivity contribution in [1.82, 2.24) is 20.2 Å². The van der Waals surface area contributed by atoms with Crippen LogP contribution in [0.3, 0.4) is 0 Å². The van der Waals surface area contributed by atoms with Crippen molar-refractivity contribution in [2.24, 2.45) is 0 Å². The average Bonchev–Trinajstić information content (AvgIpc) is 2.88. The Labute approximate surface area is 108 Å². The molecule has 6 heteroatoms. The van der Waals surface area contributed by atoms with E-state index < -0.39 is 0 Å². The predicted octanol–water partition coefficient (Wildman–Crippen LogP) is 2.59. The fraction of sp³-hybridized carbons (Fsp3) is 0. The fourth-order valence-electron chi connectivity index (χ4n) is 1.61. The highest BCUT2D eigenvalue weighted by atomic mass is 19.1. The van der Waals surface area contributed by atoms with Crippen molar-refractivity contribution in [3.8, 4) is 17.4 Å². The van der Waals surface area contributed by atoms with E-state index in [4.69, 9.17) is 4.74 Å². The molecule has 94 valence electrons. The summed E-state index contributed by atoms with van der Waals surface area (Å²) in [7, 11) is 0. The molecule has 0 saturated heterocycles. The SMILES string of the molecule is Fc1cccc(Oc2nnnn2-c2ccccc2)c1. The van der Waals surface area contributed by atoms with E-state index in [2.05, 4.69) is 15.5 Å². The molecule has 0 aliphatic rings. The van der Waals surface area contributed by atoms with Crippen LogP contribution >= 0.6 is 0 Å². The van der Waals surface area contributed by atoms with Crippen LogP contribution in [0.1, 0.15) is 0 Å². The molecule has 0 saturated carbocycles. The molecule has 0 atom stereocenters. The second kappa shape index (κ2) is 4.85. The number of tetrazole rings is 1. The molecule has 0 radical (unpaired) electrons. The number of para-hydroxylation sites is 1. The first kappa shape index (κ1) is 11.3. The Bertz CT molecular complexity index is 684. The maximum Gasteiger partial charge on any atom is 0.345 e. The van der Waals surface area contributed by atoms with Crippen LogP contribution in [0, 0.1) is 5.82 Å². The van der Waals surface area contributed by atoms with Gasteiger partial charge in [-0.05, 0) is 34.7 Å². The Balaban J connectivity index is 1.93. The Kier molecular flexibility index (Phi) is 2.89. The topological polar surface area (TPSA) is 52.8 Å². The van der Waals surface area contributed by atoms with Crippen molar-refractivity contribution >= 4 is 0 Å². The number of benzene rings is 2. The quantitative estimate of drug-likeness (QED) is 0.722. The average molecular weight is 256 g/mol. The summed E-state index contributed by atoms with van der Waals surface area (Å²) in [6, 6.07) is 15.3. The minimum atomic E-state index is -0.378. The molecule has 5 nitrogen and oxygen atoms in total. The van der Waals surface area contributed by atoms with Crippen LogP contribution in [0.2, 0.25) is 0 Å². The van der Waals surface area contributed by atoms with E-state index in [9.17, 15) is 4.39 Å². The first-order chi connectivity index (χ1) is 9.33. The van der Waals surface area contributed by atoms with Crippen molar-refractivity contribution < 1.29 is 9.13 Å². The van der Waals surface area contributed by atoms with E-state index in [1.165, 1.54) is 16.8 Å². The van der Waals surface area contributed by atoms with Crippen LogP contribution in [-0.4, -0.2) is 20.2 Å². The molecule has 3 rings (SSSR count). The summed E-state index contributed by atoms with van der Waals surface area (Å²) in [6.07, 6.45) is 0. The van der Waals surface area contributed by atoms with Gasteiger partial charge in [0.05, 0.1) is 5.69 Å². The summed E-state index contributed by atoms with van der Waals surface area (Å²) < 4.78 is 20.0. The lowest BCUT2D eigenvalue weighted by Crippen LogP contribution is -2.00. The number of aromatic nitrogens is 4. The van der Waals surface area contributed by atoms with Gasteiger partial charge in [0.2, 0.25) is 0 Å². The van der Waals surface area contributed by atoms with Gasteiger partial charge in [-0.3, -0.25) is 0 Å². The van der Waals surface area contributed by atoms with E-state index in [0.717, 1.165) is 5.69 Å². The first-order valence-corrected chi connectivity index (χ1v) is 5.60. The Morgan fingerprint density at radius 1 is 1.00 bits per heavy atom. The molecule has 3 aromatic rings. The number of ether oxygens (including phenoxy) is 1. The molecule has 0 aliphatic heterocycles. The zero-order valence-electron chi connectivity index (χ0n) is 9.77. The standard InChI is InChI=1S/C13H9FN4O/c14-10-5-4-8-12(9-10)19-13-15-16-17-18(13)11-6-2-1-3-7-11/h1-9H. The third-order valence-corrected chi connectivity index (χ3v) is 2.45. The van der Waals surface area contributed by atoms with Gasteiger partial charge in [-0.25, -0.2) is 4.39 Å². The number of nitrogens with zero attached hydrogens (tertiary/aromatic N) is 4. The molecular weight excluding hydrogens is 247 g/mol. The van der Waals surface area contributed by atoms with Crippen LogP contribution in [0.4, 0.5) is 4.39 Å². The van der Waals surface area contributed by atoms with E-state index in [-0.39, 0.29) is 11.8 Å². The third kappa shape index (κ3) is 2.42. The molecule has 19 heavy (non-hydrogen) atoms. The van der Waals surface area contributed by atoms with Gasteiger partial charge < -0.3 is 4.74 Å². The summed E-state index contributed by atoms with van der Waals surface area (Å²) >= 11 is 0. The summed E-state index contributed by atoms with van der Waals surface area (Å²) in [6.45, 7) is 0. The monoisotopic (exact) mass is 256 g/mol. The van der Waals surface area contributed by atoms with Crippen molar-refractivity contribution in [2.45, 2.75) is 0 Å². The summed E-state index contributed by atoms with van der Waals surface area (Å²) in [5.74, 6) is -0.0387. The Hall–Kier alpha value is -2.76. The van der Waals surface area contributed by atoms with Crippen molar-refractivity contribution in [3.63, 3.8) is 0 Å². The highest BCUT2D eigenvalue weighted by molar-refractivity contribution is 5.33. The second-order valence-electron chi connectivity index (χ2n) is 3.77. The minimum Gasteiger partial charge on any atom is -0.423 e. The van der Waals surface area contributed by atoms with E-state index in [1.54, 1.807) is 12.1 Å². The number of halogens is 1. The van der Waals surface area contributed by atoms with E-state index in [1.807, 2.05) is 30.3 Å². The Morgan fingerprint density at radius 2 is 1.84 bits per heavy atom. The van der Waals surface area contributed by atoms with Crippen molar-refractivity contribution in [1.29, 1.82) is 0 Å². The molecule has 2 aromatic carbocycles. The summed E-state index contributed by atoms with van der Waals surface area (Å²) in [5, 5.41) is 11.2. The molecule has 1 aromatic heterocycles. The molecule has 0 N–H and O–H groups in total. The summed E-state index contributed by atoms with van der Waals surface area (Å²) in [4.78, 5) is 0. The normalized spacial score (nSPS) is 10.4. The molecular formula is C13H9FN4O. The highest BCUT2D eigenvalue weighted by Crippen LogP contribution is 2.21. The van der Waals surface area contributed by atoms with Gasteiger partial charge >= 0.3 is 6.01 Å². The van der Waals surface area contributed by atoms with E-state index in [0.29, 0.717) is 5.75 Å².